The molecule has 3 aromatic carbocycles. The first-order valence-corrected chi connectivity index (χ1v) is 10.2. The van der Waals surface area contributed by atoms with Crippen LogP contribution in [-0.2, 0) is 6.54 Å². The fourth-order valence-electron chi connectivity index (χ4n) is 4.08. The minimum atomic E-state index is -0.329. The van der Waals surface area contributed by atoms with Crippen molar-refractivity contribution in [2.75, 3.05) is 5.32 Å². The minimum Gasteiger partial charge on any atom is -0.318 e. The van der Waals surface area contributed by atoms with E-state index >= 15 is 0 Å². The number of amides is 2. The monoisotopic (exact) mass is 413 g/mol. The van der Waals surface area contributed by atoms with Crippen molar-refractivity contribution in [1.82, 2.24) is 9.47 Å². The van der Waals surface area contributed by atoms with Crippen LogP contribution in [0.4, 0.5) is 10.5 Å². The van der Waals surface area contributed by atoms with Gasteiger partial charge < -0.3 is 14.8 Å². The van der Waals surface area contributed by atoms with E-state index in [-0.39, 0.29) is 12.1 Å². The van der Waals surface area contributed by atoms with Gasteiger partial charge in [0.25, 0.3) is 0 Å². The molecule has 1 atom stereocenters. The maximum Gasteiger partial charge on any atom is 0.322 e. The summed E-state index contributed by atoms with van der Waals surface area (Å²) in [6.07, 6.45) is 2.04. The SMILES string of the molecule is O=C(Nc1ccccc1)N1Cc2ccccc2-n2cccc2C1c1ccccc1Cl. The van der Waals surface area contributed by atoms with Crippen LogP contribution in [0.3, 0.4) is 0 Å². The highest BCUT2D eigenvalue weighted by Gasteiger charge is 2.34. The molecule has 1 unspecified atom stereocenters. The Morgan fingerprint density at radius 1 is 0.867 bits per heavy atom. The van der Waals surface area contributed by atoms with Crippen LogP contribution in [0.5, 0.6) is 0 Å². The molecule has 2 amide bonds. The third-order valence-corrected chi connectivity index (χ3v) is 5.79. The van der Waals surface area contributed by atoms with Crippen molar-refractivity contribution in [2.45, 2.75) is 12.6 Å². The van der Waals surface area contributed by atoms with Gasteiger partial charge in [-0.05, 0) is 47.5 Å². The zero-order valence-corrected chi connectivity index (χ0v) is 17.0. The summed E-state index contributed by atoms with van der Waals surface area (Å²) >= 11 is 6.62. The molecule has 1 aliphatic heterocycles. The van der Waals surface area contributed by atoms with E-state index in [1.165, 1.54) is 0 Å². The number of anilines is 1. The van der Waals surface area contributed by atoms with Crippen LogP contribution in [-0.4, -0.2) is 15.5 Å². The standard InChI is InChI=1S/C25H20ClN3O/c26-21-13-6-5-12-20(21)24-23-15-8-16-28(23)22-14-7-4-9-18(22)17-29(24)25(30)27-19-10-2-1-3-11-19/h1-16,24H,17H2,(H,27,30). The summed E-state index contributed by atoms with van der Waals surface area (Å²) in [6.45, 7) is 0.465. The lowest BCUT2D eigenvalue weighted by atomic mass is 10.0. The summed E-state index contributed by atoms with van der Waals surface area (Å²) in [6, 6.07) is 29.0. The zero-order valence-electron chi connectivity index (χ0n) is 16.2. The molecular formula is C25H20ClN3O. The van der Waals surface area contributed by atoms with Crippen molar-refractivity contribution < 1.29 is 4.79 Å². The summed E-state index contributed by atoms with van der Waals surface area (Å²) in [5, 5.41) is 3.68. The predicted molar refractivity (Wildman–Crippen MR) is 120 cm³/mol. The highest BCUT2D eigenvalue weighted by molar-refractivity contribution is 6.31. The van der Waals surface area contributed by atoms with Crippen molar-refractivity contribution in [3.8, 4) is 5.69 Å². The lowest BCUT2D eigenvalue weighted by Gasteiger charge is -2.31. The van der Waals surface area contributed by atoms with E-state index in [4.69, 9.17) is 11.6 Å². The number of hydrogen-bond donors (Lipinski definition) is 1. The van der Waals surface area contributed by atoms with Gasteiger partial charge in [0.1, 0.15) is 6.04 Å². The Hall–Kier alpha value is -3.50. The van der Waals surface area contributed by atoms with Gasteiger partial charge >= 0.3 is 6.03 Å². The van der Waals surface area contributed by atoms with Crippen LogP contribution in [0.2, 0.25) is 5.02 Å². The number of carbonyl (C=O) groups excluding carboxylic acids is 1. The average molecular weight is 414 g/mol. The van der Waals surface area contributed by atoms with E-state index < -0.39 is 0 Å². The van der Waals surface area contributed by atoms with Crippen molar-refractivity contribution in [3.63, 3.8) is 0 Å². The lowest BCUT2D eigenvalue weighted by molar-refractivity contribution is 0.194. The number of benzene rings is 3. The van der Waals surface area contributed by atoms with Gasteiger partial charge in [-0.3, -0.25) is 0 Å². The number of nitrogens with one attached hydrogen (secondary N) is 1. The number of urea groups is 1. The van der Waals surface area contributed by atoms with Gasteiger partial charge in [0.2, 0.25) is 0 Å². The van der Waals surface area contributed by atoms with E-state index in [0.29, 0.717) is 11.6 Å². The van der Waals surface area contributed by atoms with Crippen LogP contribution in [0.25, 0.3) is 5.69 Å². The number of carbonyl (C=O) groups is 1. The normalized spacial score (nSPS) is 15.1. The van der Waals surface area contributed by atoms with Gasteiger partial charge in [0.05, 0.1) is 17.9 Å². The molecule has 0 spiro atoms. The Balaban J connectivity index is 1.66. The molecule has 0 aliphatic carbocycles. The quantitative estimate of drug-likeness (QED) is 0.413. The van der Waals surface area contributed by atoms with Crippen molar-refractivity contribution >= 4 is 23.3 Å². The van der Waals surface area contributed by atoms with Crippen molar-refractivity contribution in [1.29, 1.82) is 0 Å². The first-order chi connectivity index (χ1) is 14.7. The highest BCUT2D eigenvalue weighted by atomic mass is 35.5. The van der Waals surface area contributed by atoms with Gasteiger partial charge in [0.15, 0.2) is 0 Å². The Bertz CT molecular complexity index is 1200. The molecule has 30 heavy (non-hydrogen) atoms. The molecule has 5 heteroatoms. The van der Waals surface area contributed by atoms with E-state index in [9.17, 15) is 4.79 Å². The molecule has 0 radical (unpaired) electrons. The molecule has 1 aromatic heterocycles. The fourth-order valence-corrected chi connectivity index (χ4v) is 4.32. The van der Waals surface area contributed by atoms with Crippen molar-refractivity contribution in [3.05, 3.63) is 119 Å². The van der Waals surface area contributed by atoms with Gasteiger partial charge in [0, 0.05) is 16.9 Å². The number of nitrogens with zero attached hydrogens (tertiary/aromatic N) is 2. The maximum atomic E-state index is 13.5. The Labute approximate surface area is 180 Å². The Morgan fingerprint density at radius 3 is 2.43 bits per heavy atom. The second kappa shape index (κ2) is 7.73. The second-order valence-electron chi connectivity index (χ2n) is 7.28. The van der Waals surface area contributed by atoms with Crippen LogP contribution >= 0.6 is 11.6 Å². The molecule has 4 nitrogen and oxygen atoms in total. The van der Waals surface area contributed by atoms with E-state index in [1.54, 1.807) is 0 Å². The number of para-hydroxylation sites is 2. The molecule has 0 bridgehead atoms. The fraction of sp³-hybridized carbons (Fsp3) is 0.0800. The Morgan fingerprint density at radius 2 is 1.60 bits per heavy atom. The lowest BCUT2D eigenvalue weighted by Crippen LogP contribution is -2.38. The molecule has 148 valence electrons. The molecular weight excluding hydrogens is 394 g/mol. The van der Waals surface area contributed by atoms with Gasteiger partial charge in [-0.25, -0.2) is 4.79 Å². The van der Waals surface area contributed by atoms with E-state index in [2.05, 4.69) is 28.1 Å². The number of fused-ring (bicyclic) bond motifs is 3. The molecule has 2 heterocycles. The predicted octanol–water partition coefficient (Wildman–Crippen LogP) is 6.27. The summed E-state index contributed by atoms with van der Waals surface area (Å²) in [7, 11) is 0. The van der Waals surface area contributed by atoms with Crippen LogP contribution in [0.1, 0.15) is 22.9 Å². The van der Waals surface area contributed by atoms with Crippen LogP contribution < -0.4 is 5.32 Å². The van der Waals surface area contributed by atoms with E-state index in [1.807, 2.05) is 83.9 Å². The average Bonchev–Trinajstić information content (AvgIpc) is 3.20. The van der Waals surface area contributed by atoms with Crippen LogP contribution in [0, 0.1) is 0 Å². The number of hydrogen-bond acceptors (Lipinski definition) is 1. The van der Waals surface area contributed by atoms with E-state index in [0.717, 1.165) is 28.2 Å². The third-order valence-electron chi connectivity index (χ3n) is 5.45. The third kappa shape index (κ3) is 3.25. The molecule has 1 aliphatic rings. The smallest absolute Gasteiger partial charge is 0.318 e. The largest absolute Gasteiger partial charge is 0.322 e. The van der Waals surface area contributed by atoms with Gasteiger partial charge in [-0.15, -0.1) is 0 Å². The summed E-state index contributed by atoms with van der Waals surface area (Å²) in [5.41, 5.74) is 4.80. The molecule has 4 aromatic rings. The first-order valence-electron chi connectivity index (χ1n) is 9.85. The highest BCUT2D eigenvalue weighted by Crippen LogP contribution is 2.39. The number of rotatable bonds is 2. The number of aromatic nitrogens is 1. The molecule has 0 fully saturated rings. The molecule has 0 saturated carbocycles. The second-order valence-corrected chi connectivity index (χ2v) is 7.69. The van der Waals surface area contributed by atoms with Crippen molar-refractivity contribution in [2.24, 2.45) is 0 Å². The minimum absolute atomic E-state index is 0.171. The first kappa shape index (κ1) is 18.5. The van der Waals surface area contributed by atoms with Gasteiger partial charge in [-0.1, -0.05) is 66.2 Å². The van der Waals surface area contributed by atoms with Gasteiger partial charge in [-0.2, -0.15) is 0 Å². The Kier molecular flexibility index (Phi) is 4.77. The molecule has 1 N–H and O–H groups in total. The number of halogens is 1. The summed E-state index contributed by atoms with van der Waals surface area (Å²) in [5.74, 6) is 0. The van der Waals surface area contributed by atoms with Crippen LogP contribution in [0.15, 0.2) is 97.2 Å². The molecule has 0 saturated heterocycles. The summed E-state index contributed by atoms with van der Waals surface area (Å²) in [4.78, 5) is 15.4. The molecule has 5 rings (SSSR count). The topological polar surface area (TPSA) is 37.3 Å². The summed E-state index contributed by atoms with van der Waals surface area (Å²) < 4.78 is 2.15. The maximum absolute atomic E-state index is 13.5. The zero-order chi connectivity index (χ0) is 20.5.